The summed E-state index contributed by atoms with van der Waals surface area (Å²) in [5.41, 5.74) is -1.49. The minimum Gasteiger partial charge on any atom is -0.492 e. The van der Waals surface area contributed by atoms with Crippen LogP contribution in [0.4, 0.5) is 0 Å². The van der Waals surface area contributed by atoms with Crippen molar-refractivity contribution in [3.63, 3.8) is 0 Å². The summed E-state index contributed by atoms with van der Waals surface area (Å²) in [5.74, 6) is -3.70. The summed E-state index contributed by atoms with van der Waals surface area (Å²) in [5, 5.41) is 25.7. The van der Waals surface area contributed by atoms with Crippen LogP contribution in [0.3, 0.4) is 0 Å². The Morgan fingerprint density at radius 2 is 1.69 bits per heavy atom. The zero-order valence-corrected chi connectivity index (χ0v) is 6.13. The number of aromatic carboxylic acids is 2. The maximum Gasteiger partial charge on any atom is 0.357 e. The van der Waals surface area contributed by atoms with Gasteiger partial charge in [0.25, 0.3) is 0 Å². The van der Waals surface area contributed by atoms with Crippen LogP contribution in [-0.4, -0.2) is 37.2 Å². The minimum absolute atomic E-state index is 0.637. The molecule has 0 spiro atoms. The first-order valence-corrected chi connectivity index (χ1v) is 3.05. The smallest absolute Gasteiger partial charge is 0.357 e. The molecule has 1 aromatic heterocycles. The third kappa shape index (κ3) is 1.70. The maximum atomic E-state index is 10.4. The van der Waals surface area contributed by atoms with Gasteiger partial charge in [0.1, 0.15) is 0 Å². The number of nitrogens with zero attached hydrogens (tertiary/aromatic N) is 2. The molecule has 0 atom stereocenters. The van der Waals surface area contributed by atoms with E-state index in [4.69, 9.17) is 15.3 Å². The van der Waals surface area contributed by atoms with E-state index in [1.807, 2.05) is 0 Å². The molecule has 0 saturated heterocycles. The van der Waals surface area contributed by atoms with Gasteiger partial charge in [-0.15, -0.1) is 0 Å². The highest BCUT2D eigenvalue weighted by Crippen LogP contribution is 2.08. The van der Waals surface area contributed by atoms with E-state index in [1.54, 1.807) is 0 Å². The molecule has 0 amide bonds. The SMILES string of the molecule is O=C(O)c1ncc(O)nc1C(=O)O. The van der Waals surface area contributed by atoms with Gasteiger partial charge in [-0.05, 0) is 0 Å². The molecule has 7 heteroatoms. The lowest BCUT2D eigenvalue weighted by atomic mass is 10.3. The fourth-order valence-corrected chi connectivity index (χ4v) is 0.685. The average molecular weight is 184 g/mol. The molecule has 13 heavy (non-hydrogen) atoms. The molecular weight excluding hydrogens is 180 g/mol. The molecule has 0 saturated carbocycles. The molecule has 0 bridgehead atoms. The molecule has 0 unspecified atom stereocenters. The van der Waals surface area contributed by atoms with Crippen LogP contribution in [-0.2, 0) is 0 Å². The summed E-state index contributed by atoms with van der Waals surface area (Å²) >= 11 is 0. The first-order chi connectivity index (χ1) is 6.02. The lowest BCUT2D eigenvalue weighted by Crippen LogP contribution is -2.12. The van der Waals surface area contributed by atoms with E-state index in [1.165, 1.54) is 0 Å². The number of hydrogen-bond donors (Lipinski definition) is 3. The molecular formula is C6H4N2O5. The zero-order valence-electron chi connectivity index (χ0n) is 6.13. The van der Waals surface area contributed by atoms with Crippen LogP contribution >= 0.6 is 0 Å². The van der Waals surface area contributed by atoms with Crippen LogP contribution in [0.2, 0.25) is 0 Å². The second-order valence-electron chi connectivity index (χ2n) is 2.04. The van der Waals surface area contributed by atoms with Crippen molar-refractivity contribution >= 4 is 11.9 Å². The van der Waals surface area contributed by atoms with Gasteiger partial charge in [0.15, 0.2) is 11.4 Å². The Kier molecular flexibility index (Phi) is 2.09. The Bertz CT molecular complexity index is 375. The highest BCUT2D eigenvalue weighted by molar-refractivity contribution is 5.98. The predicted octanol–water partition coefficient (Wildman–Crippen LogP) is -0.421. The Labute approximate surface area is 71.3 Å². The van der Waals surface area contributed by atoms with Crippen LogP contribution < -0.4 is 0 Å². The second kappa shape index (κ2) is 3.05. The molecule has 7 nitrogen and oxygen atoms in total. The molecule has 68 valence electrons. The largest absolute Gasteiger partial charge is 0.492 e. The molecule has 1 aromatic rings. The van der Waals surface area contributed by atoms with Gasteiger partial charge >= 0.3 is 11.9 Å². The molecule has 0 aliphatic rings. The summed E-state index contributed by atoms with van der Waals surface area (Å²) in [7, 11) is 0. The van der Waals surface area contributed by atoms with Crippen LogP contribution in [0.1, 0.15) is 21.0 Å². The summed E-state index contributed by atoms with van der Waals surface area (Å²) in [6.45, 7) is 0. The van der Waals surface area contributed by atoms with Gasteiger partial charge in [-0.2, -0.15) is 0 Å². The lowest BCUT2D eigenvalue weighted by molar-refractivity contribution is 0.0640. The van der Waals surface area contributed by atoms with E-state index in [9.17, 15) is 9.59 Å². The Hall–Kier alpha value is -2.18. The number of aromatic nitrogens is 2. The standard InChI is InChI=1S/C6H4N2O5/c9-2-1-7-3(5(10)11)4(8-2)6(12)13/h1H,(H,8,9)(H,10,11)(H,12,13). The van der Waals surface area contributed by atoms with Gasteiger partial charge in [-0.25, -0.2) is 19.6 Å². The van der Waals surface area contributed by atoms with Crippen molar-refractivity contribution in [2.75, 3.05) is 0 Å². The van der Waals surface area contributed by atoms with E-state index in [0.29, 0.717) is 0 Å². The van der Waals surface area contributed by atoms with Crippen molar-refractivity contribution in [3.05, 3.63) is 17.6 Å². The van der Waals surface area contributed by atoms with Crippen LogP contribution in [0.5, 0.6) is 5.88 Å². The number of aromatic hydroxyl groups is 1. The summed E-state index contributed by atoms with van der Waals surface area (Å²) < 4.78 is 0. The molecule has 3 N–H and O–H groups in total. The van der Waals surface area contributed by atoms with E-state index >= 15 is 0 Å². The van der Waals surface area contributed by atoms with E-state index in [2.05, 4.69) is 9.97 Å². The fourth-order valence-electron chi connectivity index (χ4n) is 0.685. The molecule has 1 rings (SSSR count). The molecule has 0 fully saturated rings. The summed E-state index contributed by atoms with van der Waals surface area (Å²) in [6.07, 6.45) is 0.760. The normalized spacial score (nSPS) is 9.54. The Morgan fingerprint density at radius 1 is 1.15 bits per heavy atom. The number of carboxylic acid groups (broad SMARTS) is 2. The van der Waals surface area contributed by atoms with E-state index < -0.39 is 29.2 Å². The number of rotatable bonds is 2. The zero-order chi connectivity index (χ0) is 10.0. The highest BCUT2D eigenvalue weighted by Gasteiger charge is 2.19. The Morgan fingerprint density at radius 3 is 2.15 bits per heavy atom. The average Bonchev–Trinajstić information content (AvgIpc) is 2.03. The summed E-state index contributed by atoms with van der Waals surface area (Å²) in [4.78, 5) is 27.1. The topological polar surface area (TPSA) is 121 Å². The van der Waals surface area contributed by atoms with Crippen molar-refractivity contribution in [2.45, 2.75) is 0 Å². The first-order valence-electron chi connectivity index (χ1n) is 3.05. The Balaban J connectivity index is 3.35. The van der Waals surface area contributed by atoms with Crippen LogP contribution in [0, 0.1) is 0 Å². The number of hydrogen-bond acceptors (Lipinski definition) is 5. The third-order valence-corrected chi connectivity index (χ3v) is 1.16. The number of carbonyl (C=O) groups is 2. The quantitative estimate of drug-likeness (QED) is 0.570. The second-order valence-corrected chi connectivity index (χ2v) is 2.04. The fraction of sp³-hybridized carbons (Fsp3) is 0. The van der Waals surface area contributed by atoms with Gasteiger partial charge in [0, 0.05) is 0 Å². The highest BCUT2D eigenvalue weighted by atomic mass is 16.4. The minimum atomic E-state index is -1.55. The number of carboxylic acids is 2. The van der Waals surface area contributed by atoms with Crippen molar-refractivity contribution in [3.8, 4) is 5.88 Å². The van der Waals surface area contributed by atoms with Crippen molar-refractivity contribution in [1.29, 1.82) is 0 Å². The van der Waals surface area contributed by atoms with Gasteiger partial charge in [-0.3, -0.25) is 0 Å². The first kappa shape index (κ1) is 8.91. The molecule has 0 radical (unpaired) electrons. The molecule has 0 aromatic carbocycles. The molecule has 0 aliphatic heterocycles. The maximum absolute atomic E-state index is 10.4. The lowest BCUT2D eigenvalue weighted by Gasteiger charge is -1.98. The molecule has 0 aliphatic carbocycles. The monoisotopic (exact) mass is 184 g/mol. The van der Waals surface area contributed by atoms with Crippen molar-refractivity contribution in [2.24, 2.45) is 0 Å². The van der Waals surface area contributed by atoms with Gasteiger partial charge < -0.3 is 15.3 Å². The third-order valence-electron chi connectivity index (χ3n) is 1.16. The van der Waals surface area contributed by atoms with E-state index in [0.717, 1.165) is 6.20 Å². The van der Waals surface area contributed by atoms with Crippen LogP contribution in [0.25, 0.3) is 0 Å². The van der Waals surface area contributed by atoms with E-state index in [-0.39, 0.29) is 0 Å². The van der Waals surface area contributed by atoms with Crippen molar-refractivity contribution < 1.29 is 24.9 Å². The summed E-state index contributed by atoms with van der Waals surface area (Å²) in [6, 6.07) is 0. The van der Waals surface area contributed by atoms with Gasteiger partial charge in [0.05, 0.1) is 6.20 Å². The van der Waals surface area contributed by atoms with Crippen molar-refractivity contribution in [1.82, 2.24) is 9.97 Å². The molecule has 1 heterocycles. The van der Waals surface area contributed by atoms with Gasteiger partial charge in [-0.1, -0.05) is 0 Å². The van der Waals surface area contributed by atoms with Crippen LogP contribution in [0.15, 0.2) is 6.20 Å². The predicted molar refractivity (Wildman–Crippen MR) is 37.6 cm³/mol. The van der Waals surface area contributed by atoms with Gasteiger partial charge in [0.2, 0.25) is 5.88 Å².